The van der Waals surface area contributed by atoms with Gasteiger partial charge in [0.2, 0.25) is 5.91 Å². The summed E-state index contributed by atoms with van der Waals surface area (Å²) in [4.78, 5) is 19.1. The second-order valence-electron chi connectivity index (χ2n) is 9.96. The molecule has 35 heavy (non-hydrogen) atoms. The number of hydrogen-bond acceptors (Lipinski definition) is 3. The summed E-state index contributed by atoms with van der Waals surface area (Å²) < 4.78 is 40.5. The van der Waals surface area contributed by atoms with E-state index in [0.29, 0.717) is 13.1 Å². The fourth-order valence-corrected chi connectivity index (χ4v) is 4.67. The number of carbonyl (C=O) groups is 1. The van der Waals surface area contributed by atoms with Gasteiger partial charge in [-0.15, -0.1) is 0 Å². The van der Waals surface area contributed by atoms with E-state index in [0.717, 1.165) is 43.6 Å². The summed E-state index contributed by atoms with van der Waals surface area (Å²) >= 11 is 0. The molecule has 7 heteroatoms. The second-order valence-corrected chi connectivity index (χ2v) is 9.96. The molecule has 2 aromatic rings. The van der Waals surface area contributed by atoms with Gasteiger partial charge in [-0.3, -0.25) is 9.69 Å². The molecule has 1 aliphatic heterocycles. The van der Waals surface area contributed by atoms with Crippen LogP contribution in [0, 0.1) is 5.92 Å². The lowest BCUT2D eigenvalue weighted by atomic mass is 9.94. The molecule has 2 aromatic carbocycles. The third-order valence-corrected chi connectivity index (χ3v) is 6.81. The Morgan fingerprint density at radius 2 is 1.86 bits per heavy atom. The van der Waals surface area contributed by atoms with Crippen LogP contribution in [0.4, 0.5) is 13.2 Å². The van der Waals surface area contributed by atoms with Crippen molar-refractivity contribution in [1.29, 1.82) is 0 Å². The summed E-state index contributed by atoms with van der Waals surface area (Å²) in [5, 5.41) is 0. The Balaban J connectivity index is 1.50. The van der Waals surface area contributed by atoms with Gasteiger partial charge in [-0.2, -0.15) is 13.2 Å². The highest BCUT2D eigenvalue weighted by Gasteiger charge is 2.33. The molecule has 1 amide bonds. The lowest BCUT2D eigenvalue weighted by Crippen LogP contribution is -2.35. The minimum absolute atomic E-state index is 0.0876. The maximum Gasteiger partial charge on any atom is 0.416 e. The molecular formula is C28H34F3N3O. The Morgan fingerprint density at radius 1 is 1.09 bits per heavy atom. The number of likely N-dealkylation sites (N-methyl/N-ethyl adjacent to an activating group) is 1. The first-order valence-electron chi connectivity index (χ1n) is 12.3. The van der Waals surface area contributed by atoms with Crippen molar-refractivity contribution < 1.29 is 18.0 Å². The number of rotatable bonds is 9. The maximum absolute atomic E-state index is 13.5. The zero-order valence-corrected chi connectivity index (χ0v) is 20.5. The van der Waals surface area contributed by atoms with Crippen molar-refractivity contribution in [2.45, 2.75) is 38.5 Å². The number of alkyl halides is 3. The molecule has 4 nitrogen and oxygen atoms in total. The molecule has 0 unspecified atom stereocenters. The molecule has 1 aliphatic carbocycles. The van der Waals surface area contributed by atoms with Crippen LogP contribution in [-0.2, 0) is 30.5 Å². The molecule has 4 rings (SSSR count). The van der Waals surface area contributed by atoms with Crippen molar-refractivity contribution in [3.05, 3.63) is 76.4 Å². The molecule has 0 bridgehead atoms. The Bertz CT molecular complexity index is 1060. The molecule has 0 atom stereocenters. The molecule has 1 fully saturated rings. The monoisotopic (exact) mass is 485 g/mol. The summed E-state index contributed by atoms with van der Waals surface area (Å²) in [6, 6.07) is 11.7. The zero-order valence-electron chi connectivity index (χ0n) is 20.5. The van der Waals surface area contributed by atoms with E-state index in [-0.39, 0.29) is 18.0 Å². The number of carbonyl (C=O) groups excluding carboxylic acids is 1. The van der Waals surface area contributed by atoms with Gasteiger partial charge in [-0.1, -0.05) is 36.4 Å². The van der Waals surface area contributed by atoms with Crippen molar-refractivity contribution in [2.24, 2.45) is 5.92 Å². The molecule has 0 N–H and O–H groups in total. The molecule has 188 valence electrons. The molecule has 0 radical (unpaired) electrons. The van der Waals surface area contributed by atoms with Crippen LogP contribution in [0.3, 0.4) is 0 Å². The predicted molar refractivity (Wildman–Crippen MR) is 133 cm³/mol. The van der Waals surface area contributed by atoms with Crippen LogP contribution in [0.25, 0.3) is 6.08 Å². The van der Waals surface area contributed by atoms with E-state index in [1.165, 1.54) is 47.1 Å². The maximum atomic E-state index is 13.5. The quantitative estimate of drug-likeness (QED) is 0.464. The van der Waals surface area contributed by atoms with Crippen LogP contribution in [0.15, 0.2) is 48.5 Å². The van der Waals surface area contributed by atoms with Crippen molar-refractivity contribution in [3.8, 4) is 0 Å². The van der Waals surface area contributed by atoms with E-state index in [9.17, 15) is 18.0 Å². The average Bonchev–Trinajstić information content (AvgIpc) is 3.63. The van der Waals surface area contributed by atoms with Gasteiger partial charge >= 0.3 is 6.18 Å². The fraction of sp³-hybridized carbons (Fsp3) is 0.464. The van der Waals surface area contributed by atoms with Crippen molar-refractivity contribution in [2.75, 3.05) is 40.3 Å². The Kier molecular flexibility index (Phi) is 7.97. The minimum atomic E-state index is -4.46. The van der Waals surface area contributed by atoms with Crippen molar-refractivity contribution in [3.63, 3.8) is 0 Å². The number of hydrogen-bond donors (Lipinski definition) is 0. The highest BCUT2D eigenvalue weighted by molar-refractivity contribution is 5.92. The van der Waals surface area contributed by atoms with Gasteiger partial charge in [-0.05, 0) is 73.7 Å². The lowest BCUT2D eigenvalue weighted by molar-refractivity contribution is -0.139. The number of benzene rings is 2. The third-order valence-electron chi connectivity index (χ3n) is 6.81. The number of nitrogens with zero attached hydrogens (tertiary/aromatic N) is 3. The normalized spacial score (nSPS) is 16.6. The van der Waals surface area contributed by atoms with Crippen LogP contribution in [-0.4, -0.2) is 60.9 Å². The van der Waals surface area contributed by atoms with Crippen LogP contribution >= 0.6 is 0 Å². The molecule has 2 aliphatic rings. The Labute approximate surface area is 206 Å². The second kappa shape index (κ2) is 11.0. The van der Waals surface area contributed by atoms with Crippen LogP contribution in [0.5, 0.6) is 0 Å². The summed E-state index contributed by atoms with van der Waals surface area (Å²) in [5.74, 6) is 0.570. The smallest absolute Gasteiger partial charge is 0.334 e. The van der Waals surface area contributed by atoms with Crippen molar-refractivity contribution in [1.82, 2.24) is 14.7 Å². The number of halogens is 3. The highest BCUT2D eigenvalue weighted by atomic mass is 19.4. The summed E-state index contributed by atoms with van der Waals surface area (Å²) in [6.07, 6.45) is 2.51. The van der Waals surface area contributed by atoms with Crippen LogP contribution in [0.1, 0.15) is 40.7 Å². The lowest BCUT2D eigenvalue weighted by Gasteiger charge is -2.29. The van der Waals surface area contributed by atoms with E-state index in [1.807, 2.05) is 37.2 Å². The van der Waals surface area contributed by atoms with E-state index in [4.69, 9.17) is 0 Å². The van der Waals surface area contributed by atoms with Gasteiger partial charge in [0.25, 0.3) is 0 Å². The third kappa shape index (κ3) is 6.95. The first-order chi connectivity index (χ1) is 16.7. The molecule has 0 aromatic heterocycles. The van der Waals surface area contributed by atoms with E-state index in [2.05, 4.69) is 11.0 Å². The molecule has 1 heterocycles. The summed E-state index contributed by atoms with van der Waals surface area (Å²) in [5.41, 5.74) is 3.00. The van der Waals surface area contributed by atoms with Gasteiger partial charge in [0.1, 0.15) is 0 Å². The number of amides is 1. The zero-order chi connectivity index (χ0) is 25.0. The molecule has 0 saturated heterocycles. The van der Waals surface area contributed by atoms with Crippen LogP contribution < -0.4 is 0 Å². The molecule has 1 saturated carbocycles. The highest BCUT2D eigenvalue weighted by Crippen LogP contribution is 2.33. The SMILES string of the molecule is CN(C)CCN(Cc1ccccc1C(F)(F)F)C(=O)C=Cc1cccc2c1CCN(CC1CC1)C2. The van der Waals surface area contributed by atoms with Crippen molar-refractivity contribution >= 4 is 12.0 Å². The first kappa shape index (κ1) is 25.5. The fourth-order valence-electron chi connectivity index (χ4n) is 4.67. The number of fused-ring (bicyclic) bond motifs is 1. The largest absolute Gasteiger partial charge is 0.416 e. The predicted octanol–water partition coefficient (Wildman–Crippen LogP) is 5.08. The van der Waals surface area contributed by atoms with E-state index >= 15 is 0 Å². The van der Waals surface area contributed by atoms with Gasteiger partial charge in [-0.25, -0.2) is 0 Å². The van der Waals surface area contributed by atoms with Crippen LogP contribution in [0.2, 0.25) is 0 Å². The molecular weight excluding hydrogens is 451 g/mol. The van der Waals surface area contributed by atoms with Gasteiger partial charge in [0.15, 0.2) is 0 Å². The van der Waals surface area contributed by atoms with E-state index < -0.39 is 11.7 Å². The van der Waals surface area contributed by atoms with Gasteiger partial charge < -0.3 is 9.80 Å². The Morgan fingerprint density at radius 3 is 2.57 bits per heavy atom. The van der Waals surface area contributed by atoms with Gasteiger partial charge in [0.05, 0.1) is 5.56 Å². The molecule has 0 spiro atoms. The summed E-state index contributed by atoms with van der Waals surface area (Å²) in [6.45, 7) is 3.93. The first-order valence-corrected chi connectivity index (χ1v) is 12.3. The topological polar surface area (TPSA) is 26.8 Å². The Hall–Kier alpha value is -2.64. The average molecular weight is 486 g/mol. The van der Waals surface area contributed by atoms with E-state index in [1.54, 1.807) is 6.07 Å². The standard InChI is InChI=1S/C28H34F3N3O/c1-32(2)16-17-34(20-24-6-3-4-9-26(24)28(29,30)31)27(35)13-12-22-7-5-8-23-19-33(15-14-25(22)23)18-21-10-11-21/h3-9,12-13,21H,10-11,14-20H2,1-2H3. The van der Waals surface area contributed by atoms with Gasteiger partial charge in [0, 0.05) is 45.3 Å². The minimum Gasteiger partial charge on any atom is -0.334 e. The summed E-state index contributed by atoms with van der Waals surface area (Å²) in [7, 11) is 3.76.